The van der Waals surface area contributed by atoms with Crippen LogP contribution in [0.25, 0.3) is 11.1 Å². The van der Waals surface area contributed by atoms with Crippen LogP contribution in [0.3, 0.4) is 0 Å². The summed E-state index contributed by atoms with van der Waals surface area (Å²) < 4.78 is 32.6. The summed E-state index contributed by atoms with van der Waals surface area (Å²) in [7, 11) is -3.88. The summed E-state index contributed by atoms with van der Waals surface area (Å²) in [5, 5.41) is 5.10. The van der Waals surface area contributed by atoms with Crippen molar-refractivity contribution < 1.29 is 32.3 Å². The van der Waals surface area contributed by atoms with Crippen molar-refractivity contribution in [2.24, 2.45) is 5.92 Å². The molecule has 4 aliphatic rings. The Morgan fingerprint density at radius 3 is 2.30 bits per heavy atom. The van der Waals surface area contributed by atoms with Crippen LogP contribution < -0.4 is 15.4 Å². The van der Waals surface area contributed by atoms with Gasteiger partial charge in [-0.2, -0.15) is 0 Å². The van der Waals surface area contributed by atoms with Gasteiger partial charge in [-0.1, -0.05) is 85.7 Å². The fourth-order valence-electron chi connectivity index (χ4n) is 7.44. The maximum Gasteiger partial charge on any atom is 0.408 e. The zero-order valence-electron chi connectivity index (χ0n) is 31.3. The molecule has 4 amide bonds. The maximum atomic E-state index is 14.8. The number of carbonyl (C=O) groups is 4. The molecule has 2 aromatic carbocycles. The molecule has 0 unspecified atom stereocenters. The summed E-state index contributed by atoms with van der Waals surface area (Å²) in [6.45, 7) is 9.25. The number of hydrogen-bond acceptors (Lipinski definition) is 8. The summed E-state index contributed by atoms with van der Waals surface area (Å²) >= 11 is 1.65. The lowest BCUT2D eigenvalue weighted by Gasteiger charge is -2.32. The number of nitrogens with zero attached hydrogens (tertiary/aromatic N) is 1. The van der Waals surface area contributed by atoms with E-state index in [9.17, 15) is 27.6 Å². The molecule has 11 nitrogen and oxygen atoms in total. The maximum absolute atomic E-state index is 14.8. The predicted octanol–water partition coefficient (Wildman–Crippen LogP) is 5.97. The quantitative estimate of drug-likeness (QED) is 0.264. The second-order valence-corrected chi connectivity index (χ2v) is 19.3. The molecule has 3 fully saturated rings. The van der Waals surface area contributed by atoms with Crippen LogP contribution in [0.15, 0.2) is 79.4 Å². The van der Waals surface area contributed by atoms with Crippen LogP contribution in [0.4, 0.5) is 4.79 Å². The molecule has 2 aromatic rings. The van der Waals surface area contributed by atoms with Gasteiger partial charge in [0, 0.05) is 18.2 Å². The molecule has 1 saturated heterocycles. The second kappa shape index (κ2) is 15.9. The van der Waals surface area contributed by atoms with Gasteiger partial charge in [0.15, 0.2) is 0 Å². The first-order chi connectivity index (χ1) is 25.7. The van der Waals surface area contributed by atoms with Crippen molar-refractivity contribution in [3.05, 3.63) is 85.0 Å². The number of fused-ring (bicyclic) bond motifs is 2. The first-order valence-electron chi connectivity index (χ1n) is 18.9. The van der Waals surface area contributed by atoms with Gasteiger partial charge in [-0.3, -0.25) is 19.1 Å². The SMILES string of the molecule is C=C[C@@H]1C[C@]1(NC(=O)[C@@H]1C[C@]2(c3ccc(-c4ccccc4)cc3)CN1C(=O)[C@@H](NC(=O)OC(C)(C)C)CCCCC/C=C/CS2)C(=O)NS(=O)(=O)C1CC1. The highest BCUT2D eigenvalue weighted by Gasteiger charge is 2.62. The monoisotopic (exact) mass is 776 g/mol. The molecule has 2 saturated carbocycles. The Balaban J connectivity index is 1.36. The Kier molecular flexibility index (Phi) is 11.7. The average molecular weight is 777 g/mol. The van der Waals surface area contributed by atoms with Gasteiger partial charge in [-0.15, -0.1) is 18.3 Å². The van der Waals surface area contributed by atoms with Gasteiger partial charge < -0.3 is 20.3 Å². The van der Waals surface area contributed by atoms with Crippen LogP contribution in [-0.4, -0.2) is 77.9 Å². The topological polar surface area (TPSA) is 151 Å². The first-order valence-corrected chi connectivity index (χ1v) is 21.5. The van der Waals surface area contributed by atoms with E-state index in [1.807, 2.05) is 54.6 Å². The lowest BCUT2D eigenvalue weighted by molar-refractivity contribution is -0.141. The van der Waals surface area contributed by atoms with E-state index in [0.29, 0.717) is 31.4 Å². The fourth-order valence-corrected chi connectivity index (χ4v) is 10.2. The van der Waals surface area contributed by atoms with Crippen molar-refractivity contribution in [2.45, 2.75) is 112 Å². The van der Waals surface area contributed by atoms with E-state index in [4.69, 9.17) is 4.74 Å². The number of ether oxygens (including phenoxy) is 1. The molecule has 6 rings (SSSR count). The molecular weight excluding hydrogens is 725 g/mol. The lowest BCUT2D eigenvalue weighted by atomic mass is 9.93. The molecule has 3 N–H and O–H groups in total. The molecule has 2 aliphatic heterocycles. The normalized spacial score (nSPS) is 28.2. The number of amides is 4. The highest BCUT2D eigenvalue weighted by molar-refractivity contribution is 8.00. The van der Waals surface area contributed by atoms with Gasteiger partial charge in [-0.25, -0.2) is 13.2 Å². The predicted molar refractivity (Wildman–Crippen MR) is 211 cm³/mol. The van der Waals surface area contributed by atoms with Crippen LogP contribution in [-0.2, 0) is 33.9 Å². The summed E-state index contributed by atoms with van der Waals surface area (Å²) in [6.07, 6.45) is 10.2. The molecule has 54 heavy (non-hydrogen) atoms. The zero-order valence-corrected chi connectivity index (χ0v) is 33.0. The van der Waals surface area contributed by atoms with Crippen molar-refractivity contribution in [3.8, 4) is 11.1 Å². The Hall–Kier alpha value is -4.10. The second-order valence-electron chi connectivity index (χ2n) is 15.9. The first kappa shape index (κ1) is 39.6. The van der Waals surface area contributed by atoms with E-state index in [2.05, 4.69) is 34.1 Å². The van der Waals surface area contributed by atoms with Gasteiger partial charge in [0.25, 0.3) is 5.91 Å². The van der Waals surface area contributed by atoms with E-state index in [1.54, 1.807) is 43.5 Å². The van der Waals surface area contributed by atoms with Crippen LogP contribution in [0.2, 0.25) is 0 Å². The molecule has 2 aliphatic carbocycles. The van der Waals surface area contributed by atoms with Gasteiger partial charge >= 0.3 is 6.09 Å². The minimum absolute atomic E-state index is 0.166. The summed E-state index contributed by atoms with van der Waals surface area (Å²) in [5.41, 5.74) is 0.731. The number of thioether (sulfide) groups is 1. The van der Waals surface area contributed by atoms with Crippen LogP contribution >= 0.6 is 11.8 Å². The molecule has 13 heteroatoms. The number of hydrogen-bond donors (Lipinski definition) is 3. The van der Waals surface area contributed by atoms with E-state index in [-0.39, 0.29) is 19.4 Å². The van der Waals surface area contributed by atoms with Gasteiger partial charge in [0.05, 0.1) is 10.00 Å². The molecule has 0 aromatic heterocycles. The minimum atomic E-state index is -3.88. The number of allylic oxidation sites excluding steroid dienone is 1. The van der Waals surface area contributed by atoms with E-state index >= 15 is 0 Å². The Morgan fingerprint density at radius 1 is 0.944 bits per heavy atom. The number of benzene rings is 2. The number of nitrogens with one attached hydrogen (secondary N) is 3. The molecule has 290 valence electrons. The number of carbonyl (C=O) groups excluding carboxylic acids is 4. The van der Waals surface area contributed by atoms with Crippen LogP contribution in [0, 0.1) is 5.92 Å². The Morgan fingerprint density at radius 2 is 1.65 bits per heavy atom. The Labute approximate surface area is 323 Å². The molecule has 2 bridgehead atoms. The van der Waals surface area contributed by atoms with Crippen molar-refractivity contribution in [1.82, 2.24) is 20.3 Å². The molecule has 0 radical (unpaired) electrons. The highest BCUT2D eigenvalue weighted by atomic mass is 32.2. The van der Waals surface area contributed by atoms with Gasteiger partial charge in [0.2, 0.25) is 21.8 Å². The smallest absolute Gasteiger partial charge is 0.408 e. The van der Waals surface area contributed by atoms with Crippen LogP contribution in [0.1, 0.15) is 84.1 Å². The van der Waals surface area contributed by atoms with E-state index < -0.39 is 73.0 Å². The van der Waals surface area contributed by atoms with Crippen LogP contribution in [0.5, 0.6) is 0 Å². The van der Waals surface area contributed by atoms with Gasteiger partial charge in [-0.05, 0) is 82.4 Å². The third-order valence-electron chi connectivity index (χ3n) is 10.7. The number of alkyl carbamates (subject to hydrolysis) is 1. The van der Waals surface area contributed by atoms with Crippen molar-refractivity contribution in [2.75, 3.05) is 12.3 Å². The Bertz CT molecular complexity index is 1870. The average Bonchev–Trinajstić information content (AvgIpc) is 4.06. The number of sulfonamides is 1. The number of rotatable bonds is 9. The van der Waals surface area contributed by atoms with Crippen molar-refractivity contribution in [1.29, 1.82) is 0 Å². The summed E-state index contributed by atoms with van der Waals surface area (Å²) in [6, 6.07) is 16.2. The van der Waals surface area contributed by atoms with Crippen molar-refractivity contribution >= 4 is 45.6 Å². The summed E-state index contributed by atoms with van der Waals surface area (Å²) in [4.78, 5) is 57.7. The lowest BCUT2D eigenvalue weighted by Crippen LogP contribution is -2.58. The summed E-state index contributed by atoms with van der Waals surface area (Å²) in [5.74, 6) is -1.62. The molecule has 0 spiro atoms. The third kappa shape index (κ3) is 9.05. The van der Waals surface area contributed by atoms with E-state index in [1.165, 1.54) is 0 Å². The highest BCUT2D eigenvalue weighted by Crippen LogP contribution is 2.50. The zero-order chi connectivity index (χ0) is 38.7. The minimum Gasteiger partial charge on any atom is -0.444 e. The fraction of sp³-hybridized carbons (Fsp3) is 0.512. The van der Waals surface area contributed by atoms with Crippen molar-refractivity contribution in [3.63, 3.8) is 0 Å². The van der Waals surface area contributed by atoms with Gasteiger partial charge in [0.1, 0.15) is 23.2 Å². The standard InChI is InChI=1S/C41H52N4O7S2/c1-5-30-25-41(30,37(48)44-54(50,51)32-22-23-32)43-35(46)34-26-40(31-20-18-29(19-21-31)28-15-11-10-12-16-28)27-45(34)36(47)33(42-38(49)52-39(2,3)4)17-13-8-6-7-9-14-24-53-40/h5,9-12,14-16,18-21,30,32-34H,1,6-8,13,17,22-27H2,2-4H3,(H,42,49)(H,43,46)(H,44,48)/b14-9+/t30-,33+,34+,40-,41-/m1/s1. The third-order valence-corrected chi connectivity index (χ3v) is 13.9. The molecule has 2 heterocycles. The largest absolute Gasteiger partial charge is 0.444 e. The molecule has 5 atom stereocenters. The van der Waals surface area contributed by atoms with E-state index in [0.717, 1.165) is 36.0 Å². The molecular formula is C41H52N4O7S2.